The van der Waals surface area contributed by atoms with Gasteiger partial charge in [-0.3, -0.25) is 4.79 Å². The Hall–Kier alpha value is -0.800. The third-order valence-electron chi connectivity index (χ3n) is 2.33. The van der Waals surface area contributed by atoms with Crippen LogP contribution in [0.4, 0.5) is 0 Å². The third kappa shape index (κ3) is 1.37. The maximum Gasteiger partial charge on any atom is 0.151 e. The van der Waals surface area contributed by atoms with E-state index in [9.17, 15) is 4.79 Å². The number of fused-ring (bicyclic) bond motifs is 1. The van der Waals surface area contributed by atoms with E-state index in [1.807, 2.05) is 12.1 Å². The Morgan fingerprint density at radius 2 is 2.29 bits per heavy atom. The van der Waals surface area contributed by atoms with Gasteiger partial charge in [-0.2, -0.15) is 0 Å². The molecule has 0 N–H and O–H groups in total. The Morgan fingerprint density at radius 1 is 1.50 bits per heavy atom. The van der Waals surface area contributed by atoms with Gasteiger partial charge in [-0.15, -0.1) is 24.0 Å². The van der Waals surface area contributed by atoms with Crippen LogP contribution in [-0.2, 0) is 6.42 Å². The van der Waals surface area contributed by atoms with Gasteiger partial charge in [0.05, 0.1) is 0 Å². The number of benzene rings is 1. The van der Waals surface area contributed by atoms with E-state index in [0.29, 0.717) is 0 Å². The van der Waals surface area contributed by atoms with Crippen LogP contribution < -0.4 is 0 Å². The van der Waals surface area contributed by atoms with Crippen LogP contribution in [0.3, 0.4) is 0 Å². The number of aryl methyl sites for hydroxylation is 1. The van der Waals surface area contributed by atoms with Gasteiger partial charge in [-0.25, -0.2) is 0 Å². The lowest BCUT2D eigenvalue weighted by atomic mass is 10.1. The minimum atomic E-state index is 0.726. The summed E-state index contributed by atoms with van der Waals surface area (Å²) in [7, 11) is 0. The molecule has 0 fully saturated rings. The Kier molecular flexibility index (Phi) is 2.61. The van der Waals surface area contributed by atoms with Crippen LogP contribution in [0.15, 0.2) is 22.4 Å². The molecule has 0 saturated heterocycles. The number of thiol groups is 1. The smallest absolute Gasteiger partial charge is 0.151 e. The first-order valence-electron chi connectivity index (χ1n) is 4.45. The van der Waals surface area contributed by atoms with Gasteiger partial charge in [0.25, 0.3) is 0 Å². The summed E-state index contributed by atoms with van der Waals surface area (Å²) in [6, 6.07) is 3.90. The highest BCUT2D eigenvalue weighted by molar-refractivity contribution is 7.80. The molecule has 1 nitrogen and oxygen atoms in total. The fraction of sp³-hybridized carbons (Fsp3) is 0.182. The van der Waals surface area contributed by atoms with Gasteiger partial charge in [-0.1, -0.05) is 6.92 Å². The fourth-order valence-electron chi connectivity index (χ4n) is 1.59. The summed E-state index contributed by atoms with van der Waals surface area (Å²) in [5.41, 5.74) is 1.96. The molecule has 0 bridgehead atoms. The van der Waals surface area contributed by atoms with Gasteiger partial charge >= 0.3 is 0 Å². The summed E-state index contributed by atoms with van der Waals surface area (Å²) in [4.78, 5) is 11.7. The summed E-state index contributed by atoms with van der Waals surface area (Å²) in [6.45, 7) is 2.10. The van der Waals surface area contributed by atoms with E-state index in [1.54, 1.807) is 11.3 Å². The van der Waals surface area contributed by atoms with Crippen molar-refractivity contribution in [3.63, 3.8) is 0 Å². The SMILES string of the molecule is CCc1csc2ccc(S)c(C=O)c12. The quantitative estimate of drug-likeness (QED) is 0.607. The van der Waals surface area contributed by atoms with E-state index in [1.165, 1.54) is 10.3 Å². The van der Waals surface area contributed by atoms with Crippen molar-refractivity contribution in [3.05, 3.63) is 28.6 Å². The minimum absolute atomic E-state index is 0.726. The Labute approximate surface area is 92.2 Å². The predicted molar refractivity (Wildman–Crippen MR) is 63.8 cm³/mol. The number of hydrogen-bond donors (Lipinski definition) is 1. The van der Waals surface area contributed by atoms with E-state index in [2.05, 4.69) is 24.9 Å². The molecular formula is C11H10OS2. The monoisotopic (exact) mass is 222 g/mol. The molecule has 0 aliphatic carbocycles. The average molecular weight is 222 g/mol. The molecule has 0 amide bonds. The molecule has 0 aliphatic heterocycles. The molecule has 1 aromatic heterocycles. The molecule has 0 radical (unpaired) electrons. The first kappa shape index (κ1) is 9.74. The molecule has 0 saturated carbocycles. The Bertz CT molecular complexity index is 485. The Balaban J connectivity index is 2.88. The number of hydrogen-bond acceptors (Lipinski definition) is 3. The fourth-order valence-corrected chi connectivity index (χ4v) is 2.89. The van der Waals surface area contributed by atoms with Crippen LogP contribution in [0.1, 0.15) is 22.8 Å². The van der Waals surface area contributed by atoms with Gasteiger partial charge in [0.15, 0.2) is 6.29 Å². The first-order chi connectivity index (χ1) is 6.77. The topological polar surface area (TPSA) is 17.1 Å². The maximum atomic E-state index is 11.0. The molecule has 2 aromatic rings. The zero-order valence-corrected chi connectivity index (χ0v) is 9.49. The molecule has 2 rings (SSSR count). The molecule has 0 unspecified atom stereocenters. The molecule has 0 atom stereocenters. The number of carbonyl (C=O) groups excluding carboxylic acids is 1. The van der Waals surface area contributed by atoms with Gasteiger partial charge in [0.2, 0.25) is 0 Å². The van der Waals surface area contributed by atoms with E-state index in [-0.39, 0.29) is 0 Å². The van der Waals surface area contributed by atoms with E-state index in [0.717, 1.165) is 28.6 Å². The molecule has 3 heteroatoms. The number of rotatable bonds is 2. The lowest BCUT2D eigenvalue weighted by Gasteiger charge is -2.01. The Morgan fingerprint density at radius 3 is 2.93 bits per heavy atom. The van der Waals surface area contributed by atoms with Crippen LogP contribution in [0.2, 0.25) is 0 Å². The second-order valence-corrected chi connectivity index (χ2v) is 4.50. The zero-order chi connectivity index (χ0) is 10.1. The van der Waals surface area contributed by atoms with Gasteiger partial charge < -0.3 is 0 Å². The van der Waals surface area contributed by atoms with Crippen LogP contribution in [0, 0.1) is 0 Å². The molecule has 0 aliphatic rings. The predicted octanol–water partition coefficient (Wildman–Crippen LogP) is 3.56. The lowest BCUT2D eigenvalue weighted by molar-refractivity contribution is 0.112. The summed E-state index contributed by atoms with van der Waals surface area (Å²) in [5, 5.41) is 3.20. The minimum Gasteiger partial charge on any atom is -0.298 e. The van der Waals surface area contributed by atoms with Crippen LogP contribution >= 0.6 is 24.0 Å². The number of carbonyl (C=O) groups is 1. The molecule has 72 valence electrons. The highest BCUT2D eigenvalue weighted by Gasteiger charge is 2.09. The van der Waals surface area contributed by atoms with E-state index in [4.69, 9.17) is 0 Å². The average Bonchev–Trinajstić information content (AvgIpc) is 2.61. The summed E-state index contributed by atoms with van der Waals surface area (Å²) in [5.74, 6) is 0. The van der Waals surface area contributed by atoms with Crippen LogP contribution in [-0.4, -0.2) is 6.29 Å². The molecule has 1 aromatic carbocycles. The lowest BCUT2D eigenvalue weighted by Crippen LogP contribution is -1.86. The largest absolute Gasteiger partial charge is 0.298 e. The second-order valence-electron chi connectivity index (χ2n) is 3.10. The van der Waals surface area contributed by atoms with Crippen molar-refractivity contribution in [1.29, 1.82) is 0 Å². The van der Waals surface area contributed by atoms with Crippen molar-refractivity contribution in [2.24, 2.45) is 0 Å². The van der Waals surface area contributed by atoms with Gasteiger partial charge in [-0.05, 0) is 29.5 Å². The van der Waals surface area contributed by atoms with Crippen molar-refractivity contribution in [3.8, 4) is 0 Å². The molecular weight excluding hydrogens is 212 g/mol. The van der Waals surface area contributed by atoms with Crippen molar-refractivity contribution >= 4 is 40.3 Å². The maximum absolute atomic E-state index is 11.0. The highest BCUT2D eigenvalue weighted by atomic mass is 32.1. The van der Waals surface area contributed by atoms with Crippen LogP contribution in [0.5, 0.6) is 0 Å². The van der Waals surface area contributed by atoms with Gasteiger partial charge in [0.1, 0.15) is 0 Å². The third-order valence-corrected chi connectivity index (χ3v) is 3.72. The summed E-state index contributed by atoms with van der Waals surface area (Å²) < 4.78 is 1.17. The summed E-state index contributed by atoms with van der Waals surface area (Å²) in [6.07, 6.45) is 1.86. The van der Waals surface area contributed by atoms with Crippen molar-refractivity contribution < 1.29 is 4.79 Å². The number of aldehydes is 1. The molecule has 0 spiro atoms. The second kappa shape index (κ2) is 3.75. The van der Waals surface area contributed by atoms with E-state index >= 15 is 0 Å². The normalized spacial score (nSPS) is 10.7. The standard InChI is InChI=1S/C11H10OS2/c1-2-7-6-14-10-4-3-9(13)8(5-12)11(7)10/h3-6,13H,2H2,1H3. The van der Waals surface area contributed by atoms with Crippen molar-refractivity contribution in [2.75, 3.05) is 0 Å². The first-order valence-corrected chi connectivity index (χ1v) is 5.77. The zero-order valence-electron chi connectivity index (χ0n) is 7.78. The van der Waals surface area contributed by atoms with Crippen molar-refractivity contribution in [2.45, 2.75) is 18.2 Å². The van der Waals surface area contributed by atoms with Crippen molar-refractivity contribution in [1.82, 2.24) is 0 Å². The summed E-state index contributed by atoms with van der Waals surface area (Å²) >= 11 is 5.97. The number of thiophene rings is 1. The molecule has 14 heavy (non-hydrogen) atoms. The molecule has 1 heterocycles. The van der Waals surface area contributed by atoms with E-state index < -0.39 is 0 Å². The highest BCUT2D eigenvalue weighted by Crippen LogP contribution is 2.31. The van der Waals surface area contributed by atoms with Crippen LogP contribution in [0.25, 0.3) is 10.1 Å². The van der Waals surface area contributed by atoms with Gasteiger partial charge in [0, 0.05) is 20.5 Å².